The van der Waals surface area contributed by atoms with Crippen molar-refractivity contribution in [3.8, 4) is 0 Å². The topological polar surface area (TPSA) is 0 Å². The van der Waals surface area contributed by atoms with Crippen LogP contribution in [0.15, 0.2) is 22.7 Å². The molecule has 0 aliphatic carbocycles. The summed E-state index contributed by atoms with van der Waals surface area (Å²) in [6.45, 7) is 1.71. The Bertz CT molecular complexity index is 304. The fraction of sp³-hybridized carbons (Fsp3) is 0.333. The minimum absolute atomic E-state index is 0.321. The lowest BCUT2D eigenvalue weighted by Crippen LogP contribution is -2.08. The number of alkyl halides is 3. The molecule has 0 saturated heterocycles. The monoisotopic (exact) mass is 252 g/mol. The van der Waals surface area contributed by atoms with Gasteiger partial charge in [-0.3, -0.25) is 0 Å². The summed E-state index contributed by atoms with van der Waals surface area (Å²) < 4.78 is 37.7. The van der Waals surface area contributed by atoms with E-state index in [1.165, 1.54) is 12.1 Å². The maximum Gasteiger partial charge on any atom is 0.416 e. The molecule has 0 fully saturated rings. The molecular formula is C9H8BrF3. The van der Waals surface area contributed by atoms with Gasteiger partial charge in [0.15, 0.2) is 0 Å². The average molecular weight is 253 g/mol. The molecular weight excluding hydrogens is 245 g/mol. The van der Waals surface area contributed by atoms with E-state index in [0.717, 1.165) is 6.07 Å². The highest BCUT2D eigenvalue weighted by atomic mass is 79.9. The standard InChI is InChI=1S/C9H8BrF3/c1-2-6-5-7(10)3-4-8(6)9(11,12)13/h3-5H,2H2,1H3. The number of rotatable bonds is 1. The van der Waals surface area contributed by atoms with E-state index in [4.69, 9.17) is 0 Å². The lowest BCUT2D eigenvalue weighted by molar-refractivity contribution is -0.138. The first-order valence-electron chi connectivity index (χ1n) is 3.80. The Hall–Kier alpha value is -0.510. The van der Waals surface area contributed by atoms with Crippen molar-refractivity contribution < 1.29 is 13.2 Å². The molecule has 0 atom stereocenters. The van der Waals surface area contributed by atoms with Gasteiger partial charge in [0.2, 0.25) is 0 Å². The highest BCUT2D eigenvalue weighted by Crippen LogP contribution is 2.33. The smallest absolute Gasteiger partial charge is 0.166 e. The lowest BCUT2D eigenvalue weighted by atomic mass is 10.1. The first-order chi connectivity index (χ1) is 5.95. The summed E-state index contributed by atoms with van der Waals surface area (Å²) in [5, 5.41) is 0. The molecule has 0 amide bonds. The van der Waals surface area contributed by atoms with Gasteiger partial charge >= 0.3 is 6.18 Å². The van der Waals surface area contributed by atoms with E-state index in [9.17, 15) is 13.2 Å². The van der Waals surface area contributed by atoms with Crippen molar-refractivity contribution in [3.63, 3.8) is 0 Å². The van der Waals surface area contributed by atoms with Crippen molar-refractivity contribution in [2.45, 2.75) is 19.5 Å². The normalized spacial score (nSPS) is 11.8. The van der Waals surface area contributed by atoms with E-state index >= 15 is 0 Å². The molecule has 0 unspecified atom stereocenters. The molecule has 0 bridgehead atoms. The van der Waals surface area contributed by atoms with Gasteiger partial charge in [-0.2, -0.15) is 13.2 Å². The molecule has 0 aliphatic rings. The Morgan fingerprint density at radius 3 is 2.38 bits per heavy atom. The Kier molecular flexibility index (Phi) is 3.01. The zero-order chi connectivity index (χ0) is 10.1. The second kappa shape index (κ2) is 3.70. The maximum atomic E-state index is 12.4. The van der Waals surface area contributed by atoms with Gasteiger partial charge in [-0.15, -0.1) is 0 Å². The van der Waals surface area contributed by atoms with Crippen molar-refractivity contribution in [2.75, 3.05) is 0 Å². The molecule has 1 aromatic carbocycles. The fourth-order valence-electron chi connectivity index (χ4n) is 1.13. The van der Waals surface area contributed by atoms with Gasteiger partial charge in [0.1, 0.15) is 0 Å². The molecule has 72 valence electrons. The number of hydrogen-bond donors (Lipinski definition) is 0. The Labute approximate surface area is 82.9 Å². The first kappa shape index (κ1) is 10.6. The van der Waals surface area contributed by atoms with Crippen LogP contribution in [0, 0.1) is 0 Å². The van der Waals surface area contributed by atoms with Crippen molar-refractivity contribution in [1.29, 1.82) is 0 Å². The van der Waals surface area contributed by atoms with Crippen LogP contribution in [0.3, 0.4) is 0 Å². The number of hydrogen-bond acceptors (Lipinski definition) is 0. The second-order valence-electron chi connectivity index (χ2n) is 2.65. The minimum atomic E-state index is -4.24. The van der Waals surface area contributed by atoms with Crippen LogP contribution < -0.4 is 0 Å². The number of halogens is 4. The van der Waals surface area contributed by atoms with Gasteiger partial charge in [0, 0.05) is 4.47 Å². The van der Waals surface area contributed by atoms with E-state index in [2.05, 4.69) is 15.9 Å². The fourth-order valence-corrected chi connectivity index (χ4v) is 1.54. The van der Waals surface area contributed by atoms with Crippen LogP contribution in [0.2, 0.25) is 0 Å². The second-order valence-corrected chi connectivity index (χ2v) is 3.57. The molecule has 4 heteroatoms. The predicted molar refractivity (Wildman–Crippen MR) is 48.5 cm³/mol. The number of aryl methyl sites for hydroxylation is 1. The van der Waals surface area contributed by atoms with Gasteiger partial charge in [-0.05, 0) is 30.2 Å². The Balaban J connectivity index is 3.22. The zero-order valence-electron chi connectivity index (χ0n) is 6.95. The Morgan fingerprint density at radius 1 is 1.31 bits per heavy atom. The third kappa shape index (κ3) is 2.46. The van der Waals surface area contributed by atoms with Crippen molar-refractivity contribution in [3.05, 3.63) is 33.8 Å². The van der Waals surface area contributed by atoms with Crippen LogP contribution in [-0.4, -0.2) is 0 Å². The third-order valence-electron chi connectivity index (χ3n) is 1.75. The summed E-state index contributed by atoms with van der Waals surface area (Å²) in [6.07, 6.45) is -3.86. The van der Waals surface area contributed by atoms with E-state index in [-0.39, 0.29) is 0 Å². The van der Waals surface area contributed by atoms with Crippen LogP contribution in [0.25, 0.3) is 0 Å². The molecule has 1 aromatic rings. The van der Waals surface area contributed by atoms with Crippen LogP contribution >= 0.6 is 15.9 Å². The number of benzene rings is 1. The summed E-state index contributed by atoms with van der Waals surface area (Å²) in [7, 11) is 0. The minimum Gasteiger partial charge on any atom is -0.166 e. The van der Waals surface area contributed by atoms with Crippen molar-refractivity contribution in [2.24, 2.45) is 0 Å². The third-order valence-corrected chi connectivity index (χ3v) is 2.25. The van der Waals surface area contributed by atoms with Crippen molar-refractivity contribution in [1.82, 2.24) is 0 Å². The van der Waals surface area contributed by atoms with E-state index in [1.807, 2.05) is 0 Å². The first-order valence-corrected chi connectivity index (χ1v) is 4.60. The average Bonchev–Trinajstić information content (AvgIpc) is 2.01. The largest absolute Gasteiger partial charge is 0.416 e. The SMILES string of the molecule is CCc1cc(Br)ccc1C(F)(F)F. The van der Waals surface area contributed by atoms with Crippen LogP contribution in [0.5, 0.6) is 0 Å². The summed E-state index contributed by atoms with van der Waals surface area (Å²) in [6, 6.07) is 4.01. The van der Waals surface area contributed by atoms with Crippen LogP contribution in [0.1, 0.15) is 18.1 Å². The molecule has 0 N–H and O–H groups in total. The quantitative estimate of drug-likeness (QED) is 0.708. The zero-order valence-corrected chi connectivity index (χ0v) is 8.54. The molecule has 0 spiro atoms. The Morgan fingerprint density at radius 2 is 1.92 bits per heavy atom. The maximum absolute atomic E-state index is 12.4. The van der Waals surface area contributed by atoms with Crippen LogP contribution in [-0.2, 0) is 12.6 Å². The summed E-state index contributed by atoms with van der Waals surface area (Å²) in [4.78, 5) is 0. The summed E-state index contributed by atoms with van der Waals surface area (Å²) >= 11 is 3.14. The molecule has 1 rings (SSSR count). The predicted octanol–water partition coefficient (Wildman–Crippen LogP) is 4.03. The van der Waals surface area contributed by atoms with Gasteiger partial charge in [-0.25, -0.2) is 0 Å². The van der Waals surface area contributed by atoms with Gasteiger partial charge < -0.3 is 0 Å². The molecule has 13 heavy (non-hydrogen) atoms. The molecule has 0 saturated carbocycles. The lowest BCUT2D eigenvalue weighted by Gasteiger charge is -2.11. The van der Waals surface area contributed by atoms with Gasteiger partial charge in [0.05, 0.1) is 5.56 Å². The summed E-state index contributed by atoms with van der Waals surface area (Å²) in [5.74, 6) is 0. The van der Waals surface area contributed by atoms with E-state index in [0.29, 0.717) is 16.5 Å². The molecule has 0 radical (unpaired) electrons. The van der Waals surface area contributed by atoms with E-state index in [1.54, 1.807) is 6.92 Å². The van der Waals surface area contributed by atoms with Gasteiger partial charge in [-0.1, -0.05) is 22.9 Å². The highest BCUT2D eigenvalue weighted by molar-refractivity contribution is 9.10. The highest BCUT2D eigenvalue weighted by Gasteiger charge is 2.32. The van der Waals surface area contributed by atoms with E-state index < -0.39 is 11.7 Å². The van der Waals surface area contributed by atoms with Crippen LogP contribution in [0.4, 0.5) is 13.2 Å². The molecule has 0 heterocycles. The molecule has 0 aromatic heterocycles. The van der Waals surface area contributed by atoms with Crippen molar-refractivity contribution >= 4 is 15.9 Å². The van der Waals surface area contributed by atoms with Gasteiger partial charge in [0.25, 0.3) is 0 Å². The molecule has 0 nitrogen and oxygen atoms in total. The molecule has 0 aliphatic heterocycles. The summed E-state index contributed by atoms with van der Waals surface area (Å²) in [5.41, 5.74) is -0.222.